The molecule has 5 heteroatoms. The van der Waals surface area contributed by atoms with E-state index in [4.69, 9.17) is 0 Å². The highest BCUT2D eigenvalue weighted by molar-refractivity contribution is 6.07. The predicted molar refractivity (Wildman–Crippen MR) is 115 cm³/mol. The maximum absolute atomic E-state index is 13.2. The fourth-order valence-corrected chi connectivity index (χ4v) is 3.62. The first-order chi connectivity index (χ1) is 13.5. The van der Waals surface area contributed by atoms with E-state index in [0.717, 1.165) is 11.1 Å². The molecule has 0 aliphatic carbocycles. The third kappa shape index (κ3) is 4.35. The summed E-state index contributed by atoms with van der Waals surface area (Å²) < 4.78 is 0. The number of nitrogens with one attached hydrogen (secondary N) is 1. The van der Waals surface area contributed by atoms with Crippen LogP contribution in [-0.4, -0.2) is 35.5 Å². The number of rotatable bonds is 5. The van der Waals surface area contributed by atoms with Crippen LogP contribution < -0.4 is 5.32 Å². The van der Waals surface area contributed by atoms with Crippen LogP contribution in [0.3, 0.4) is 0 Å². The minimum Gasteiger partial charge on any atom is -0.319 e. The van der Waals surface area contributed by atoms with Crippen molar-refractivity contribution in [3.05, 3.63) is 70.8 Å². The Bertz CT molecular complexity index is 897. The highest BCUT2D eigenvalue weighted by Gasteiger charge is 2.49. The van der Waals surface area contributed by atoms with Gasteiger partial charge in [0.2, 0.25) is 0 Å². The van der Waals surface area contributed by atoms with E-state index in [1.807, 2.05) is 36.2 Å². The lowest BCUT2D eigenvalue weighted by Gasteiger charge is -2.26. The van der Waals surface area contributed by atoms with Crippen molar-refractivity contribution in [3.8, 4) is 0 Å². The smallest absolute Gasteiger partial charge is 0.319 e. The van der Waals surface area contributed by atoms with Gasteiger partial charge >= 0.3 is 6.03 Å². The average molecular weight is 394 g/mol. The monoisotopic (exact) mass is 393 g/mol. The zero-order valence-corrected chi connectivity index (χ0v) is 18.2. The van der Waals surface area contributed by atoms with Crippen LogP contribution in [0.1, 0.15) is 49.9 Å². The van der Waals surface area contributed by atoms with Gasteiger partial charge in [0.25, 0.3) is 5.91 Å². The Labute approximate surface area is 173 Å². The summed E-state index contributed by atoms with van der Waals surface area (Å²) in [6.45, 7) is 11.2. The lowest BCUT2D eigenvalue weighted by molar-refractivity contribution is -0.132. The van der Waals surface area contributed by atoms with E-state index in [9.17, 15) is 9.59 Å². The van der Waals surface area contributed by atoms with E-state index in [1.165, 1.54) is 16.0 Å². The van der Waals surface area contributed by atoms with Crippen molar-refractivity contribution in [2.24, 2.45) is 0 Å². The molecule has 0 saturated carbocycles. The largest absolute Gasteiger partial charge is 0.326 e. The van der Waals surface area contributed by atoms with E-state index < -0.39 is 5.54 Å². The molecule has 5 nitrogen and oxygen atoms in total. The van der Waals surface area contributed by atoms with Crippen molar-refractivity contribution in [2.75, 3.05) is 13.7 Å². The summed E-state index contributed by atoms with van der Waals surface area (Å²) >= 11 is 0. The molecule has 1 N–H and O–H groups in total. The van der Waals surface area contributed by atoms with Crippen molar-refractivity contribution < 1.29 is 9.59 Å². The van der Waals surface area contributed by atoms with Crippen molar-refractivity contribution in [1.82, 2.24) is 15.1 Å². The molecule has 1 unspecified atom stereocenters. The van der Waals surface area contributed by atoms with Gasteiger partial charge in [-0.3, -0.25) is 9.69 Å². The molecule has 29 heavy (non-hydrogen) atoms. The Kier molecular flexibility index (Phi) is 5.54. The van der Waals surface area contributed by atoms with Crippen LogP contribution in [0.2, 0.25) is 0 Å². The second-order valence-electron chi connectivity index (χ2n) is 9.26. The standard InChI is InChI=1S/C24H31N3O2/c1-17-7-9-18(10-8-17)15-26(6)16-27-21(28)24(5,25-22(27)29)20-13-11-19(12-14-20)23(2,3)4/h7-14H,15-16H2,1-6H3,(H,25,29). The third-order valence-corrected chi connectivity index (χ3v) is 5.56. The molecule has 2 aromatic carbocycles. The third-order valence-electron chi connectivity index (χ3n) is 5.56. The molecule has 154 valence electrons. The van der Waals surface area contributed by atoms with Crippen LogP contribution in [0.4, 0.5) is 4.79 Å². The van der Waals surface area contributed by atoms with Crippen LogP contribution in [0.5, 0.6) is 0 Å². The van der Waals surface area contributed by atoms with E-state index in [0.29, 0.717) is 6.54 Å². The molecule has 0 spiro atoms. The highest BCUT2D eigenvalue weighted by Crippen LogP contribution is 2.31. The molecule has 3 amide bonds. The molecule has 0 radical (unpaired) electrons. The Balaban J connectivity index is 1.73. The Morgan fingerprint density at radius 2 is 1.59 bits per heavy atom. The molecule has 2 aromatic rings. The van der Waals surface area contributed by atoms with Gasteiger partial charge in [-0.1, -0.05) is 74.9 Å². The molecule has 3 rings (SSSR count). The summed E-state index contributed by atoms with van der Waals surface area (Å²) in [5.74, 6) is -0.221. The fourth-order valence-electron chi connectivity index (χ4n) is 3.62. The number of hydrogen-bond donors (Lipinski definition) is 1. The summed E-state index contributed by atoms with van der Waals surface area (Å²) in [6.07, 6.45) is 0. The van der Waals surface area contributed by atoms with Gasteiger partial charge in [0.15, 0.2) is 0 Å². The highest BCUT2D eigenvalue weighted by atomic mass is 16.2. The maximum atomic E-state index is 13.2. The minimum absolute atomic E-state index is 0.0348. The number of aryl methyl sites for hydroxylation is 1. The number of carbonyl (C=O) groups is 2. The lowest BCUT2D eigenvalue weighted by atomic mass is 9.84. The van der Waals surface area contributed by atoms with E-state index in [1.54, 1.807) is 6.92 Å². The number of nitrogens with zero attached hydrogens (tertiary/aromatic N) is 2. The molecule has 1 aliphatic heterocycles. The van der Waals surface area contributed by atoms with Gasteiger partial charge in [0, 0.05) is 6.54 Å². The summed E-state index contributed by atoms with van der Waals surface area (Å²) in [4.78, 5) is 29.0. The topological polar surface area (TPSA) is 52.6 Å². The van der Waals surface area contributed by atoms with Gasteiger partial charge in [-0.05, 0) is 43.0 Å². The van der Waals surface area contributed by atoms with Crippen molar-refractivity contribution in [2.45, 2.75) is 52.1 Å². The van der Waals surface area contributed by atoms with E-state index in [-0.39, 0.29) is 24.0 Å². The Hall–Kier alpha value is -2.66. The zero-order chi connectivity index (χ0) is 21.4. The summed E-state index contributed by atoms with van der Waals surface area (Å²) in [6, 6.07) is 15.9. The van der Waals surface area contributed by atoms with Gasteiger partial charge in [0.1, 0.15) is 5.54 Å². The van der Waals surface area contributed by atoms with Gasteiger partial charge < -0.3 is 5.32 Å². The number of urea groups is 1. The maximum Gasteiger partial charge on any atom is 0.326 e. The van der Waals surface area contributed by atoms with Crippen LogP contribution in [0.15, 0.2) is 48.5 Å². The Morgan fingerprint density at radius 1 is 1.00 bits per heavy atom. The fraction of sp³-hybridized carbons (Fsp3) is 0.417. The predicted octanol–water partition coefficient (Wildman–Crippen LogP) is 4.15. The lowest BCUT2D eigenvalue weighted by Crippen LogP contribution is -2.42. The normalized spacial score (nSPS) is 19.8. The van der Waals surface area contributed by atoms with E-state index in [2.05, 4.69) is 57.3 Å². The number of amides is 3. The van der Waals surface area contributed by atoms with Gasteiger partial charge in [-0.15, -0.1) is 0 Å². The number of benzene rings is 2. The van der Waals surface area contributed by atoms with Gasteiger partial charge in [-0.25, -0.2) is 9.69 Å². The first kappa shape index (κ1) is 21.1. The van der Waals surface area contributed by atoms with Crippen molar-refractivity contribution >= 4 is 11.9 Å². The second kappa shape index (κ2) is 7.64. The molecule has 1 aliphatic rings. The number of carbonyl (C=O) groups excluding carboxylic acids is 2. The van der Waals surface area contributed by atoms with Crippen molar-refractivity contribution in [3.63, 3.8) is 0 Å². The molecule has 0 aromatic heterocycles. The number of hydrogen-bond acceptors (Lipinski definition) is 3. The molecule has 0 bridgehead atoms. The average Bonchev–Trinajstić information content (AvgIpc) is 2.87. The SMILES string of the molecule is Cc1ccc(CN(C)CN2C(=O)NC(C)(c3ccc(C(C)(C)C)cc3)C2=O)cc1. The molecule has 1 saturated heterocycles. The molecular weight excluding hydrogens is 362 g/mol. The summed E-state index contributed by atoms with van der Waals surface area (Å²) in [5, 5.41) is 2.89. The van der Waals surface area contributed by atoms with Crippen LogP contribution in [0, 0.1) is 6.92 Å². The van der Waals surface area contributed by atoms with Crippen LogP contribution in [-0.2, 0) is 22.3 Å². The van der Waals surface area contributed by atoms with Gasteiger partial charge in [-0.2, -0.15) is 0 Å². The number of imide groups is 1. The second-order valence-corrected chi connectivity index (χ2v) is 9.26. The first-order valence-corrected chi connectivity index (χ1v) is 10.00. The molecular formula is C24H31N3O2. The Morgan fingerprint density at radius 3 is 2.14 bits per heavy atom. The first-order valence-electron chi connectivity index (χ1n) is 10.00. The van der Waals surface area contributed by atoms with E-state index >= 15 is 0 Å². The molecule has 1 atom stereocenters. The van der Waals surface area contributed by atoms with Crippen LogP contribution in [0.25, 0.3) is 0 Å². The minimum atomic E-state index is -1.04. The quantitative estimate of drug-likeness (QED) is 0.777. The zero-order valence-electron chi connectivity index (χ0n) is 18.2. The summed E-state index contributed by atoms with van der Waals surface area (Å²) in [5.41, 5.74) is 3.33. The summed E-state index contributed by atoms with van der Waals surface area (Å²) in [7, 11) is 1.91. The molecule has 1 heterocycles. The van der Waals surface area contributed by atoms with Gasteiger partial charge in [0.05, 0.1) is 6.67 Å². The van der Waals surface area contributed by atoms with Crippen molar-refractivity contribution in [1.29, 1.82) is 0 Å². The molecule has 1 fully saturated rings. The van der Waals surface area contributed by atoms with Crippen LogP contribution >= 0.6 is 0 Å².